The molecule has 23 heavy (non-hydrogen) atoms. The van der Waals surface area contributed by atoms with Crippen LogP contribution in [0.1, 0.15) is 22.1 Å². The van der Waals surface area contributed by atoms with E-state index in [-0.39, 0.29) is 30.1 Å². The summed E-state index contributed by atoms with van der Waals surface area (Å²) in [6.07, 6.45) is 0.00299. The lowest BCUT2D eigenvalue weighted by Crippen LogP contribution is -2.39. The highest BCUT2D eigenvalue weighted by atomic mass is 127. The number of benzene rings is 1. The molecule has 1 aromatic heterocycles. The Morgan fingerprint density at radius 1 is 1.22 bits per heavy atom. The van der Waals surface area contributed by atoms with Crippen LogP contribution in [-0.4, -0.2) is 26.7 Å². The van der Waals surface area contributed by atoms with Crippen molar-refractivity contribution in [3.63, 3.8) is 0 Å². The Kier molecular flexibility index (Phi) is 9.20. The SMILES string of the molecule is CN=C(NCc1sccc1C)NCC(OC)c1ccccc1.I. The van der Waals surface area contributed by atoms with Gasteiger partial charge in [0.25, 0.3) is 0 Å². The van der Waals surface area contributed by atoms with Crippen molar-refractivity contribution >= 4 is 41.3 Å². The molecule has 2 N–H and O–H groups in total. The van der Waals surface area contributed by atoms with Gasteiger partial charge in [-0.2, -0.15) is 0 Å². The number of nitrogens with zero attached hydrogens (tertiary/aromatic N) is 1. The van der Waals surface area contributed by atoms with E-state index in [9.17, 15) is 0 Å². The van der Waals surface area contributed by atoms with E-state index in [4.69, 9.17) is 4.74 Å². The molecule has 0 amide bonds. The van der Waals surface area contributed by atoms with Crippen LogP contribution in [0.2, 0.25) is 0 Å². The molecule has 1 heterocycles. The van der Waals surface area contributed by atoms with Gasteiger partial charge in [0.15, 0.2) is 5.96 Å². The fraction of sp³-hybridized carbons (Fsp3) is 0.353. The number of thiophene rings is 1. The second-order valence-corrected chi connectivity index (χ2v) is 5.97. The standard InChI is InChI=1S/C17H23N3OS.HI/c1-13-9-10-22-16(13)12-20-17(18-2)19-11-15(21-3)14-7-5-4-6-8-14;/h4-10,15H,11-12H2,1-3H3,(H2,18,19,20);1H. The molecular weight excluding hydrogens is 421 g/mol. The predicted octanol–water partition coefficient (Wildman–Crippen LogP) is 3.73. The third kappa shape index (κ3) is 6.12. The van der Waals surface area contributed by atoms with Crippen LogP contribution in [-0.2, 0) is 11.3 Å². The van der Waals surface area contributed by atoms with Gasteiger partial charge in [0.1, 0.15) is 0 Å². The number of aryl methyl sites for hydroxylation is 1. The van der Waals surface area contributed by atoms with Crippen LogP contribution in [0.15, 0.2) is 46.8 Å². The first-order chi connectivity index (χ1) is 10.7. The minimum atomic E-state index is 0. The quantitative estimate of drug-likeness (QED) is 0.405. The molecule has 0 aliphatic rings. The molecule has 2 rings (SSSR count). The average molecular weight is 445 g/mol. The second kappa shape index (κ2) is 10.6. The molecule has 0 fully saturated rings. The lowest BCUT2D eigenvalue weighted by molar-refractivity contribution is 0.106. The van der Waals surface area contributed by atoms with Crippen molar-refractivity contribution in [2.75, 3.05) is 20.7 Å². The van der Waals surface area contributed by atoms with Gasteiger partial charge >= 0.3 is 0 Å². The topological polar surface area (TPSA) is 45.7 Å². The molecule has 0 saturated heterocycles. The molecule has 0 spiro atoms. The van der Waals surface area contributed by atoms with Crippen LogP contribution in [0.4, 0.5) is 0 Å². The number of aliphatic imine (C=N–C) groups is 1. The van der Waals surface area contributed by atoms with Gasteiger partial charge in [-0.3, -0.25) is 4.99 Å². The molecule has 0 aliphatic carbocycles. The van der Waals surface area contributed by atoms with Crippen LogP contribution < -0.4 is 10.6 Å². The lowest BCUT2D eigenvalue weighted by Gasteiger charge is -2.18. The molecule has 1 aromatic carbocycles. The number of hydrogen-bond donors (Lipinski definition) is 2. The van der Waals surface area contributed by atoms with E-state index >= 15 is 0 Å². The highest BCUT2D eigenvalue weighted by Gasteiger charge is 2.10. The summed E-state index contributed by atoms with van der Waals surface area (Å²) in [5.74, 6) is 0.783. The summed E-state index contributed by atoms with van der Waals surface area (Å²) < 4.78 is 5.56. The molecular formula is C17H24IN3OS. The van der Waals surface area contributed by atoms with E-state index in [0.717, 1.165) is 18.1 Å². The maximum atomic E-state index is 5.56. The van der Waals surface area contributed by atoms with Crippen molar-refractivity contribution in [3.05, 3.63) is 57.8 Å². The van der Waals surface area contributed by atoms with E-state index in [0.29, 0.717) is 6.54 Å². The van der Waals surface area contributed by atoms with Gasteiger partial charge in [-0.1, -0.05) is 30.3 Å². The first kappa shape index (κ1) is 19.9. The molecule has 126 valence electrons. The lowest BCUT2D eigenvalue weighted by atomic mass is 10.1. The minimum Gasteiger partial charge on any atom is -0.375 e. The summed E-state index contributed by atoms with van der Waals surface area (Å²) in [4.78, 5) is 5.59. The van der Waals surface area contributed by atoms with E-state index in [1.165, 1.54) is 10.4 Å². The third-order valence-electron chi connectivity index (χ3n) is 3.52. The van der Waals surface area contributed by atoms with E-state index < -0.39 is 0 Å². The highest BCUT2D eigenvalue weighted by Crippen LogP contribution is 2.16. The third-order valence-corrected chi connectivity index (χ3v) is 4.54. The Morgan fingerprint density at radius 3 is 2.52 bits per heavy atom. The summed E-state index contributed by atoms with van der Waals surface area (Å²) in [6, 6.07) is 12.3. The maximum Gasteiger partial charge on any atom is 0.191 e. The Bertz CT molecular complexity index is 601. The summed E-state index contributed by atoms with van der Waals surface area (Å²) >= 11 is 1.76. The number of halogens is 1. The van der Waals surface area contributed by atoms with E-state index in [1.807, 2.05) is 18.2 Å². The second-order valence-electron chi connectivity index (χ2n) is 4.97. The van der Waals surface area contributed by atoms with Gasteiger partial charge in [0.2, 0.25) is 0 Å². The summed E-state index contributed by atoms with van der Waals surface area (Å²) in [5, 5.41) is 8.77. The zero-order valence-corrected chi connectivity index (χ0v) is 16.9. The summed E-state index contributed by atoms with van der Waals surface area (Å²) in [7, 11) is 3.51. The van der Waals surface area contributed by atoms with Crippen molar-refractivity contribution in [1.82, 2.24) is 10.6 Å². The minimum absolute atomic E-state index is 0. The first-order valence-electron chi connectivity index (χ1n) is 7.29. The van der Waals surface area contributed by atoms with Gasteiger partial charge < -0.3 is 15.4 Å². The highest BCUT2D eigenvalue weighted by molar-refractivity contribution is 14.0. The van der Waals surface area contributed by atoms with Crippen LogP contribution in [0, 0.1) is 6.92 Å². The maximum absolute atomic E-state index is 5.56. The number of nitrogens with one attached hydrogen (secondary N) is 2. The smallest absolute Gasteiger partial charge is 0.191 e. The largest absolute Gasteiger partial charge is 0.375 e. The fourth-order valence-corrected chi connectivity index (χ4v) is 3.01. The molecule has 2 aromatic rings. The fourth-order valence-electron chi connectivity index (χ4n) is 2.16. The number of hydrogen-bond acceptors (Lipinski definition) is 3. The van der Waals surface area contributed by atoms with Gasteiger partial charge in [-0.15, -0.1) is 35.3 Å². The first-order valence-corrected chi connectivity index (χ1v) is 8.17. The molecule has 4 nitrogen and oxygen atoms in total. The van der Waals surface area contributed by atoms with Crippen molar-refractivity contribution in [2.45, 2.75) is 19.6 Å². The monoisotopic (exact) mass is 445 g/mol. The Balaban J connectivity index is 0.00000264. The molecule has 1 unspecified atom stereocenters. The Labute approximate surface area is 159 Å². The number of rotatable bonds is 6. The summed E-state index contributed by atoms with van der Waals surface area (Å²) in [6.45, 7) is 3.58. The Hall–Kier alpha value is -1.12. The summed E-state index contributed by atoms with van der Waals surface area (Å²) in [5.41, 5.74) is 2.47. The molecule has 6 heteroatoms. The molecule has 0 saturated carbocycles. The number of guanidine groups is 1. The number of methoxy groups -OCH3 is 1. The zero-order chi connectivity index (χ0) is 15.8. The van der Waals surface area contributed by atoms with Crippen molar-refractivity contribution in [3.8, 4) is 0 Å². The van der Waals surface area contributed by atoms with Crippen molar-refractivity contribution in [1.29, 1.82) is 0 Å². The van der Waals surface area contributed by atoms with Crippen molar-refractivity contribution < 1.29 is 4.74 Å². The van der Waals surface area contributed by atoms with E-state index in [1.54, 1.807) is 25.5 Å². The number of ether oxygens (including phenoxy) is 1. The molecule has 1 atom stereocenters. The van der Waals surface area contributed by atoms with Gasteiger partial charge in [-0.25, -0.2) is 0 Å². The predicted molar refractivity (Wildman–Crippen MR) is 109 cm³/mol. The normalized spacial score (nSPS) is 12.4. The van der Waals surface area contributed by atoms with Gasteiger partial charge in [0, 0.05) is 25.6 Å². The molecule has 0 bridgehead atoms. The Morgan fingerprint density at radius 2 is 1.96 bits per heavy atom. The van der Waals surface area contributed by atoms with E-state index in [2.05, 4.69) is 46.1 Å². The van der Waals surface area contributed by atoms with Crippen LogP contribution in [0.3, 0.4) is 0 Å². The van der Waals surface area contributed by atoms with Gasteiger partial charge in [0.05, 0.1) is 12.6 Å². The van der Waals surface area contributed by atoms with Crippen LogP contribution >= 0.6 is 35.3 Å². The molecule has 0 radical (unpaired) electrons. The van der Waals surface area contributed by atoms with Crippen molar-refractivity contribution in [2.24, 2.45) is 4.99 Å². The van der Waals surface area contributed by atoms with Crippen LogP contribution in [0.5, 0.6) is 0 Å². The van der Waals surface area contributed by atoms with Crippen LogP contribution in [0.25, 0.3) is 0 Å². The van der Waals surface area contributed by atoms with Gasteiger partial charge in [-0.05, 0) is 29.5 Å². The average Bonchev–Trinajstić information content (AvgIpc) is 2.97. The zero-order valence-electron chi connectivity index (χ0n) is 13.7. The molecule has 0 aliphatic heterocycles.